The molecule has 2 aliphatic heterocycles. The Bertz CT molecular complexity index is 395. The fraction of sp³-hybridized carbons (Fsp3) is 0.600. The Kier molecular flexibility index (Phi) is 3.52. The highest BCUT2D eigenvalue weighted by Crippen LogP contribution is 2.29. The Morgan fingerprint density at radius 3 is 2.72 bits per heavy atom. The van der Waals surface area contributed by atoms with Crippen LogP contribution < -0.4 is 10.1 Å². The quantitative estimate of drug-likeness (QED) is 0.886. The van der Waals surface area contributed by atoms with Crippen molar-refractivity contribution in [2.45, 2.75) is 50.5 Å². The number of benzene rings is 1. The summed E-state index contributed by atoms with van der Waals surface area (Å²) in [6, 6.07) is 9.52. The monoisotopic (exact) mass is 247 g/mol. The summed E-state index contributed by atoms with van der Waals surface area (Å²) in [7, 11) is 1.70. The molecule has 3 rings (SSSR count). The zero-order valence-corrected chi connectivity index (χ0v) is 10.9. The van der Waals surface area contributed by atoms with Gasteiger partial charge in [-0.15, -0.1) is 0 Å². The molecule has 0 aliphatic carbocycles. The van der Waals surface area contributed by atoms with E-state index in [0.29, 0.717) is 24.8 Å². The van der Waals surface area contributed by atoms with Crippen LogP contribution in [0.1, 0.15) is 31.2 Å². The molecule has 2 fully saturated rings. The largest absolute Gasteiger partial charge is 0.497 e. The van der Waals surface area contributed by atoms with Gasteiger partial charge < -0.3 is 14.8 Å². The van der Waals surface area contributed by atoms with Gasteiger partial charge in [0.15, 0.2) is 0 Å². The number of piperidine rings is 1. The van der Waals surface area contributed by atoms with Crippen LogP contribution in [0.3, 0.4) is 0 Å². The van der Waals surface area contributed by atoms with Crippen LogP contribution in [0, 0.1) is 0 Å². The third-order valence-corrected chi connectivity index (χ3v) is 4.05. The highest BCUT2D eigenvalue weighted by molar-refractivity contribution is 5.27. The molecule has 0 aromatic heterocycles. The first kappa shape index (κ1) is 12.0. The average Bonchev–Trinajstić information content (AvgIpc) is 2.76. The predicted octanol–water partition coefficient (Wildman–Crippen LogP) is 2.49. The summed E-state index contributed by atoms with van der Waals surface area (Å²) in [5.74, 6) is 0.904. The minimum absolute atomic E-state index is 0.426. The van der Waals surface area contributed by atoms with Gasteiger partial charge in [0, 0.05) is 12.1 Å². The summed E-state index contributed by atoms with van der Waals surface area (Å²) in [5.41, 5.74) is 1.19. The Morgan fingerprint density at radius 2 is 2.00 bits per heavy atom. The van der Waals surface area contributed by atoms with E-state index >= 15 is 0 Å². The van der Waals surface area contributed by atoms with Gasteiger partial charge in [-0.2, -0.15) is 0 Å². The van der Waals surface area contributed by atoms with Gasteiger partial charge in [0.2, 0.25) is 0 Å². The summed E-state index contributed by atoms with van der Waals surface area (Å²) in [4.78, 5) is 0. The van der Waals surface area contributed by atoms with Crippen LogP contribution in [0.2, 0.25) is 0 Å². The van der Waals surface area contributed by atoms with E-state index < -0.39 is 0 Å². The van der Waals surface area contributed by atoms with Crippen molar-refractivity contribution in [3.63, 3.8) is 0 Å². The lowest BCUT2D eigenvalue weighted by Crippen LogP contribution is -2.41. The van der Waals surface area contributed by atoms with Crippen LogP contribution in [0.15, 0.2) is 24.3 Å². The van der Waals surface area contributed by atoms with Gasteiger partial charge in [-0.05, 0) is 43.4 Å². The summed E-state index contributed by atoms with van der Waals surface area (Å²) < 4.78 is 11.3. The molecule has 1 aromatic rings. The molecule has 2 aliphatic rings. The lowest BCUT2D eigenvalue weighted by atomic mass is 10.0. The van der Waals surface area contributed by atoms with Gasteiger partial charge in [0.25, 0.3) is 0 Å². The van der Waals surface area contributed by atoms with Crippen molar-refractivity contribution in [2.24, 2.45) is 0 Å². The molecule has 1 unspecified atom stereocenters. The van der Waals surface area contributed by atoms with Crippen LogP contribution in [0.5, 0.6) is 5.75 Å². The molecule has 1 aromatic carbocycles. The van der Waals surface area contributed by atoms with Crippen LogP contribution in [-0.2, 0) is 11.3 Å². The van der Waals surface area contributed by atoms with Crippen molar-refractivity contribution in [1.29, 1.82) is 0 Å². The number of hydrogen-bond acceptors (Lipinski definition) is 3. The van der Waals surface area contributed by atoms with E-state index in [1.165, 1.54) is 31.2 Å². The van der Waals surface area contributed by atoms with Crippen molar-refractivity contribution in [3.05, 3.63) is 29.8 Å². The average molecular weight is 247 g/mol. The molecule has 2 bridgehead atoms. The normalized spacial score (nSPS) is 30.4. The number of hydrogen-bond donors (Lipinski definition) is 1. The molecule has 2 saturated heterocycles. The van der Waals surface area contributed by atoms with Crippen molar-refractivity contribution >= 4 is 0 Å². The molecule has 0 amide bonds. The van der Waals surface area contributed by atoms with Gasteiger partial charge in [-0.3, -0.25) is 0 Å². The summed E-state index contributed by atoms with van der Waals surface area (Å²) >= 11 is 0. The number of rotatable bonds is 4. The smallest absolute Gasteiger partial charge is 0.119 e. The molecular formula is C15H21NO2. The Balaban J connectivity index is 1.54. The molecule has 0 saturated carbocycles. The first-order valence-corrected chi connectivity index (χ1v) is 6.84. The molecular weight excluding hydrogens is 226 g/mol. The highest BCUT2D eigenvalue weighted by atomic mass is 16.5. The topological polar surface area (TPSA) is 30.5 Å². The lowest BCUT2D eigenvalue weighted by Gasteiger charge is -2.29. The molecule has 1 N–H and O–H groups in total. The number of methoxy groups -OCH3 is 1. The Labute approximate surface area is 108 Å². The van der Waals surface area contributed by atoms with Crippen LogP contribution >= 0.6 is 0 Å². The first-order chi connectivity index (χ1) is 8.83. The second kappa shape index (κ2) is 5.29. The van der Waals surface area contributed by atoms with Crippen molar-refractivity contribution in [1.82, 2.24) is 5.32 Å². The van der Waals surface area contributed by atoms with E-state index in [2.05, 4.69) is 17.4 Å². The van der Waals surface area contributed by atoms with Crippen LogP contribution in [0.25, 0.3) is 0 Å². The molecule has 2 heterocycles. The third-order valence-electron chi connectivity index (χ3n) is 4.05. The summed E-state index contributed by atoms with van der Waals surface area (Å²) in [6.45, 7) is 0.696. The standard InChI is InChI=1S/C15H21NO2/c1-17-14-4-2-3-11(7-14)10-18-15-8-12-5-6-13(9-15)16-12/h2-4,7,12-13,15-16H,5-6,8-10H2,1H3/t12-,13+,15?. The SMILES string of the molecule is COc1cccc(COC2C[C@H]3CC[C@@H](C2)N3)c1. The van der Waals surface area contributed by atoms with Gasteiger partial charge in [0.05, 0.1) is 19.8 Å². The summed E-state index contributed by atoms with van der Waals surface area (Å²) in [5, 5.41) is 3.64. The maximum atomic E-state index is 6.05. The highest BCUT2D eigenvalue weighted by Gasteiger charge is 2.33. The second-order valence-electron chi connectivity index (χ2n) is 5.39. The fourth-order valence-corrected chi connectivity index (χ4v) is 3.12. The molecule has 98 valence electrons. The van der Waals surface area contributed by atoms with Crippen LogP contribution in [-0.4, -0.2) is 25.3 Å². The maximum absolute atomic E-state index is 6.05. The van der Waals surface area contributed by atoms with Crippen molar-refractivity contribution < 1.29 is 9.47 Å². The van der Waals surface area contributed by atoms with E-state index in [1.54, 1.807) is 7.11 Å². The third kappa shape index (κ3) is 2.68. The number of ether oxygens (including phenoxy) is 2. The van der Waals surface area contributed by atoms with Gasteiger partial charge in [-0.1, -0.05) is 12.1 Å². The van der Waals surface area contributed by atoms with E-state index in [-0.39, 0.29) is 0 Å². The van der Waals surface area contributed by atoms with Gasteiger partial charge >= 0.3 is 0 Å². The van der Waals surface area contributed by atoms with Gasteiger partial charge in [-0.25, -0.2) is 0 Å². The second-order valence-corrected chi connectivity index (χ2v) is 5.39. The molecule has 3 atom stereocenters. The molecule has 18 heavy (non-hydrogen) atoms. The molecule has 3 heteroatoms. The van der Waals surface area contributed by atoms with Crippen molar-refractivity contribution in [2.75, 3.05) is 7.11 Å². The number of fused-ring (bicyclic) bond motifs is 2. The Hall–Kier alpha value is -1.06. The maximum Gasteiger partial charge on any atom is 0.119 e. The van der Waals surface area contributed by atoms with E-state index in [9.17, 15) is 0 Å². The zero-order chi connectivity index (χ0) is 12.4. The Morgan fingerprint density at radius 1 is 1.22 bits per heavy atom. The number of nitrogens with one attached hydrogen (secondary N) is 1. The zero-order valence-electron chi connectivity index (χ0n) is 10.9. The van der Waals surface area contributed by atoms with Crippen molar-refractivity contribution in [3.8, 4) is 5.75 Å². The molecule has 0 radical (unpaired) electrons. The first-order valence-electron chi connectivity index (χ1n) is 6.84. The van der Waals surface area contributed by atoms with E-state index in [1.807, 2.05) is 12.1 Å². The van der Waals surface area contributed by atoms with Crippen LogP contribution in [0.4, 0.5) is 0 Å². The molecule has 3 nitrogen and oxygen atoms in total. The minimum atomic E-state index is 0.426. The molecule has 0 spiro atoms. The van der Waals surface area contributed by atoms with E-state index in [4.69, 9.17) is 9.47 Å². The lowest BCUT2D eigenvalue weighted by molar-refractivity contribution is 0.00911. The summed E-state index contributed by atoms with van der Waals surface area (Å²) in [6.07, 6.45) is 5.41. The minimum Gasteiger partial charge on any atom is -0.497 e. The van der Waals surface area contributed by atoms with Gasteiger partial charge in [0.1, 0.15) is 5.75 Å². The predicted molar refractivity (Wildman–Crippen MR) is 70.8 cm³/mol. The fourth-order valence-electron chi connectivity index (χ4n) is 3.12. The van der Waals surface area contributed by atoms with E-state index in [0.717, 1.165) is 5.75 Å².